The van der Waals surface area contributed by atoms with Gasteiger partial charge >= 0.3 is 0 Å². The molecule has 0 N–H and O–H groups in total. The van der Waals surface area contributed by atoms with E-state index in [2.05, 4.69) is 0 Å². The number of rotatable bonds is 0. The molecule has 2 aromatic rings. The molecule has 12 heavy (non-hydrogen) atoms. The van der Waals surface area contributed by atoms with Crippen LogP contribution < -0.4 is 0 Å². The number of thiophene rings is 1. The van der Waals surface area contributed by atoms with Crippen molar-refractivity contribution in [3.05, 3.63) is 58.2 Å². The summed E-state index contributed by atoms with van der Waals surface area (Å²) in [6.45, 7) is 0. The molecule has 0 aliphatic carbocycles. The molecule has 1 heterocycles. The normalized spacial score (nSPS) is 8.42. The van der Waals surface area contributed by atoms with Gasteiger partial charge in [-0.1, -0.05) is 41.9 Å². The molecule has 0 amide bonds. The fourth-order valence-corrected chi connectivity index (χ4v) is 1.24. The Morgan fingerprint density at radius 3 is 1.67 bits per heavy atom. The Balaban J connectivity index is 0.000000127. The predicted octanol–water partition coefficient (Wildman–Crippen LogP) is 4.09. The molecule has 0 fully saturated rings. The van der Waals surface area contributed by atoms with E-state index in [1.807, 2.05) is 53.2 Å². The highest BCUT2D eigenvalue weighted by Gasteiger charge is 1.74. The first-order chi connectivity index (χ1) is 5.89. The van der Waals surface area contributed by atoms with Gasteiger partial charge in [-0.2, -0.15) is 11.3 Å². The smallest absolute Gasteiger partial charge is 0.0405 e. The quantitative estimate of drug-likeness (QED) is 0.596. The topological polar surface area (TPSA) is 0 Å². The number of halogens is 1. The van der Waals surface area contributed by atoms with Crippen molar-refractivity contribution < 1.29 is 0 Å². The van der Waals surface area contributed by atoms with Gasteiger partial charge in [0.1, 0.15) is 0 Å². The van der Waals surface area contributed by atoms with Crippen molar-refractivity contribution in [2.24, 2.45) is 0 Å². The van der Waals surface area contributed by atoms with Gasteiger partial charge in [0.05, 0.1) is 0 Å². The molecule has 0 radical (unpaired) electrons. The molecular formula is C10H9ClS. The van der Waals surface area contributed by atoms with Gasteiger partial charge in [0.25, 0.3) is 0 Å². The molecule has 1 aromatic carbocycles. The lowest BCUT2D eigenvalue weighted by atomic mass is 10.4. The van der Waals surface area contributed by atoms with E-state index in [1.165, 1.54) is 0 Å². The summed E-state index contributed by atoms with van der Waals surface area (Å²) < 4.78 is 0. The first-order valence-electron chi connectivity index (χ1n) is 3.57. The van der Waals surface area contributed by atoms with Crippen LogP contribution in [0.5, 0.6) is 0 Å². The minimum Gasteiger partial charge on any atom is -0.152 e. The van der Waals surface area contributed by atoms with E-state index in [0.29, 0.717) is 0 Å². The maximum Gasteiger partial charge on any atom is 0.0405 e. The maximum absolute atomic E-state index is 5.54. The summed E-state index contributed by atoms with van der Waals surface area (Å²) in [5, 5.41) is 4.88. The van der Waals surface area contributed by atoms with E-state index < -0.39 is 0 Å². The molecule has 0 nitrogen and oxygen atoms in total. The molecule has 0 aliphatic rings. The lowest BCUT2D eigenvalue weighted by Gasteiger charge is -1.80. The van der Waals surface area contributed by atoms with E-state index in [-0.39, 0.29) is 0 Å². The van der Waals surface area contributed by atoms with Crippen LogP contribution in [0.4, 0.5) is 0 Å². The van der Waals surface area contributed by atoms with Crippen LogP contribution in [-0.2, 0) is 0 Å². The van der Waals surface area contributed by atoms with Gasteiger partial charge in [0.2, 0.25) is 0 Å². The van der Waals surface area contributed by atoms with E-state index in [4.69, 9.17) is 11.6 Å². The number of benzene rings is 1. The summed E-state index contributed by atoms with van der Waals surface area (Å²) in [4.78, 5) is 0. The zero-order chi connectivity index (χ0) is 8.65. The van der Waals surface area contributed by atoms with Crippen molar-refractivity contribution in [3.63, 3.8) is 0 Å². The maximum atomic E-state index is 5.54. The van der Waals surface area contributed by atoms with Crippen LogP contribution in [-0.4, -0.2) is 0 Å². The van der Waals surface area contributed by atoms with Crippen LogP contribution in [0, 0.1) is 0 Å². The molecule has 1 aromatic heterocycles. The monoisotopic (exact) mass is 196 g/mol. The highest BCUT2D eigenvalue weighted by Crippen LogP contribution is 2.03. The Bertz CT molecular complexity index is 259. The Morgan fingerprint density at radius 1 is 0.833 bits per heavy atom. The van der Waals surface area contributed by atoms with Crippen molar-refractivity contribution in [2.45, 2.75) is 0 Å². The molecule has 2 rings (SSSR count). The summed E-state index contributed by atoms with van der Waals surface area (Å²) in [6, 6.07) is 13.5. The summed E-state index contributed by atoms with van der Waals surface area (Å²) in [6.07, 6.45) is 0. The third-order valence-corrected chi connectivity index (χ3v) is 2.04. The van der Waals surface area contributed by atoms with E-state index in [9.17, 15) is 0 Å². The van der Waals surface area contributed by atoms with Crippen LogP contribution in [0.3, 0.4) is 0 Å². The zero-order valence-electron chi connectivity index (χ0n) is 6.48. The second kappa shape index (κ2) is 5.81. The zero-order valence-corrected chi connectivity index (χ0v) is 8.05. The minimum atomic E-state index is 0.794. The Labute approximate surface area is 81.4 Å². The van der Waals surface area contributed by atoms with Crippen LogP contribution in [0.1, 0.15) is 0 Å². The Kier molecular flexibility index (Phi) is 4.50. The number of hydrogen-bond donors (Lipinski definition) is 0. The SMILES string of the molecule is Clc1ccccc1.c1ccsc1. The van der Waals surface area contributed by atoms with E-state index in [0.717, 1.165) is 5.02 Å². The minimum absolute atomic E-state index is 0.794. The average Bonchev–Trinajstić information content (AvgIpc) is 2.62. The molecule has 0 unspecified atom stereocenters. The Hall–Kier alpha value is -0.790. The lowest BCUT2D eigenvalue weighted by Crippen LogP contribution is -1.55. The van der Waals surface area contributed by atoms with Gasteiger partial charge in [0.15, 0.2) is 0 Å². The van der Waals surface area contributed by atoms with Gasteiger partial charge in [-0.3, -0.25) is 0 Å². The first kappa shape index (κ1) is 9.30. The average molecular weight is 197 g/mol. The van der Waals surface area contributed by atoms with Gasteiger partial charge < -0.3 is 0 Å². The highest BCUT2D eigenvalue weighted by atomic mass is 35.5. The molecular weight excluding hydrogens is 188 g/mol. The summed E-state index contributed by atoms with van der Waals surface area (Å²) in [5.41, 5.74) is 0. The summed E-state index contributed by atoms with van der Waals surface area (Å²) in [7, 11) is 0. The van der Waals surface area contributed by atoms with Gasteiger partial charge in [0, 0.05) is 5.02 Å². The lowest BCUT2D eigenvalue weighted by molar-refractivity contribution is 1.71. The molecule has 0 saturated carbocycles. The first-order valence-corrected chi connectivity index (χ1v) is 4.89. The van der Waals surface area contributed by atoms with Crippen LogP contribution in [0.2, 0.25) is 5.02 Å². The van der Waals surface area contributed by atoms with Gasteiger partial charge in [-0.25, -0.2) is 0 Å². The third kappa shape index (κ3) is 4.16. The molecule has 0 atom stereocenters. The van der Waals surface area contributed by atoms with E-state index >= 15 is 0 Å². The Morgan fingerprint density at radius 2 is 1.42 bits per heavy atom. The largest absolute Gasteiger partial charge is 0.152 e. The van der Waals surface area contributed by atoms with Crippen LogP contribution in [0.25, 0.3) is 0 Å². The fraction of sp³-hybridized carbons (Fsp3) is 0. The van der Waals surface area contributed by atoms with Crippen molar-refractivity contribution in [1.29, 1.82) is 0 Å². The predicted molar refractivity (Wildman–Crippen MR) is 55.8 cm³/mol. The second-order valence-corrected chi connectivity index (χ2v) is 3.34. The van der Waals surface area contributed by atoms with Crippen molar-refractivity contribution >= 4 is 22.9 Å². The number of hydrogen-bond acceptors (Lipinski definition) is 1. The van der Waals surface area contributed by atoms with Gasteiger partial charge in [-0.15, -0.1) is 0 Å². The highest BCUT2D eigenvalue weighted by molar-refractivity contribution is 7.07. The molecule has 2 heteroatoms. The second-order valence-electron chi connectivity index (χ2n) is 2.09. The molecule has 0 spiro atoms. The fourth-order valence-electron chi connectivity index (χ4n) is 0.641. The molecule has 0 bridgehead atoms. The van der Waals surface area contributed by atoms with Crippen LogP contribution >= 0.6 is 22.9 Å². The van der Waals surface area contributed by atoms with Crippen molar-refractivity contribution in [2.75, 3.05) is 0 Å². The van der Waals surface area contributed by atoms with Crippen molar-refractivity contribution in [1.82, 2.24) is 0 Å². The summed E-state index contributed by atoms with van der Waals surface area (Å²) in [5.74, 6) is 0. The standard InChI is InChI=1S/C6H5Cl.C4H4S/c7-6-4-2-1-3-5-6;1-2-4-5-3-1/h1-5H;1-4H. The molecule has 0 aliphatic heterocycles. The van der Waals surface area contributed by atoms with Crippen molar-refractivity contribution in [3.8, 4) is 0 Å². The van der Waals surface area contributed by atoms with Gasteiger partial charge in [-0.05, 0) is 22.9 Å². The summed E-state index contributed by atoms with van der Waals surface area (Å²) >= 11 is 7.25. The van der Waals surface area contributed by atoms with E-state index in [1.54, 1.807) is 11.3 Å². The molecule has 62 valence electrons. The van der Waals surface area contributed by atoms with Crippen LogP contribution in [0.15, 0.2) is 53.2 Å². The molecule has 0 saturated heterocycles. The third-order valence-electron chi connectivity index (χ3n) is 1.16.